The zero-order valence-corrected chi connectivity index (χ0v) is 24.7. The van der Waals surface area contributed by atoms with Gasteiger partial charge >= 0.3 is 0 Å². The van der Waals surface area contributed by atoms with E-state index in [1.807, 2.05) is 0 Å². The molecule has 1 amide bonds. The number of hydrogen-bond acceptors (Lipinski definition) is 4. The van der Waals surface area contributed by atoms with Crippen molar-refractivity contribution in [1.82, 2.24) is 0 Å². The Bertz CT molecular complexity index is 1760. The number of rotatable bonds is 8. The summed E-state index contributed by atoms with van der Waals surface area (Å²) >= 11 is 3.43. The molecule has 0 N–H and O–H groups in total. The zero-order valence-electron chi connectivity index (χ0n) is 23.1. The maximum absolute atomic E-state index is 12.7. The third-order valence-electron chi connectivity index (χ3n) is 8.21. The Morgan fingerprint density at radius 2 is 1.32 bits per heavy atom. The fraction of sp³-hybridized carbons (Fsp3) is 0.229. The molecule has 5 heteroatoms. The van der Waals surface area contributed by atoms with Gasteiger partial charge in [-0.1, -0.05) is 87.6 Å². The van der Waals surface area contributed by atoms with Crippen LogP contribution in [0.1, 0.15) is 74.6 Å². The van der Waals surface area contributed by atoms with E-state index in [0.717, 1.165) is 49.4 Å². The normalized spacial score (nSPS) is 15.3. The van der Waals surface area contributed by atoms with Gasteiger partial charge in [0.1, 0.15) is 11.6 Å². The number of allylic oxidation sites excluding steroid dienone is 1. The van der Waals surface area contributed by atoms with E-state index in [0.29, 0.717) is 23.1 Å². The highest BCUT2D eigenvalue weighted by molar-refractivity contribution is 7.99. The van der Waals surface area contributed by atoms with Crippen LogP contribution in [0.25, 0.3) is 16.3 Å². The van der Waals surface area contributed by atoms with Crippen molar-refractivity contribution in [2.75, 3.05) is 0 Å². The lowest BCUT2D eigenvalue weighted by Crippen LogP contribution is -1.97. The fourth-order valence-corrected chi connectivity index (χ4v) is 7.36. The van der Waals surface area contributed by atoms with Gasteiger partial charge in [-0.3, -0.25) is 4.79 Å². The minimum Gasteiger partial charge on any atom is -0.266 e. The number of nitrogens with zero attached hydrogens (tertiary/aromatic N) is 2. The number of carbonyl (C=O) groups is 1. The number of amides is 1. The van der Waals surface area contributed by atoms with E-state index in [4.69, 9.17) is 0 Å². The van der Waals surface area contributed by atoms with E-state index in [2.05, 4.69) is 112 Å². The summed E-state index contributed by atoms with van der Waals surface area (Å²) in [5, 5.41) is 12.0. The highest BCUT2D eigenvalue weighted by Crippen LogP contribution is 2.50. The summed E-state index contributed by atoms with van der Waals surface area (Å²) < 4.78 is 0. The van der Waals surface area contributed by atoms with Gasteiger partial charge in [-0.15, -0.1) is 0 Å². The van der Waals surface area contributed by atoms with Gasteiger partial charge in [-0.25, -0.2) is 4.99 Å². The molecule has 198 valence electrons. The molecular weight excluding hydrogens is 529 g/mol. The molecule has 0 fully saturated rings. The van der Waals surface area contributed by atoms with Crippen LogP contribution in [0.4, 0.5) is 0 Å². The van der Waals surface area contributed by atoms with Gasteiger partial charge in [0, 0.05) is 36.1 Å². The first-order chi connectivity index (χ1) is 19.4. The molecule has 0 radical (unpaired) electrons. The molecule has 40 heavy (non-hydrogen) atoms. The number of benzene rings is 4. The van der Waals surface area contributed by atoms with Crippen molar-refractivity contribution in [3.05, 3.63) is 101 Å². The van der Waals surface area contributed by atoms with Gasteiger partial charge in [0.2, 0.25) is 0 Å². The maximum atomic E-state index is 12.7. The molecule has 2 aliphatic rings. The van der Waals surface area contributed by atoms with Crippen LogP contribution < -0.4 is 0 Å². The van der Waals surface area contributed by atoms with Crippen LogP contribution in [-0.2, 0) is 4.79 Å². The van der Waals surface area contributed by atoms with E-state index in [9.17, 15) is 10.1 Å². The van der Waals surface area contributed by atoms with E-state index >= 15 is 0 Å². The second-order valence-corrected chi connectivity index (χ2v) is 12.8. The molecule has 0 spiro atoms. The number of carbonyl (C=O) groups excluding carboxylic acids is 1. The maximum Gasteiger partial charge on any atom is 0.288 e. The Morgan fingerprint density at radius 1 is 0.775 bits per heavy atom. The standard InChI is InChI=1S/C35H30N2OS2/c1-5-20(3)22-7-11-24(12-8-22)39-29-17-16-27-31-26(29)15-18-30(33(31)34-32(27)28(19-36)35(38)37-34)40-25-13-9-23(10-14-25)21(4)6-2/h7-18,20-21H,5-6H2,1-4H3. The third-order valence-corrected chi connectivity index (χ3v) is 10.4. The molecular formula is C35H30N2OS2. The van der Waals surface area contributed by atoms with Crippen LogP contribution in [0.3, 0.4) is 0 Å². The van der Waals surface area contributed by atoms with E-state index in [-0.39, 0.29) is 5.57 Å². The summed E-state index contributed by atoms with van der Waals surface area (Å²) in [7, 11) is 0. The van der Waals surface area contributed by atoms with Crippen molar-refractivity contribution in [2.45, 2.75) is 72.0 Å². The molecule has 2 unspecified atom stereocenters. The quantitative estimate of drug-likeness (QED) is 0.216. The highest BCUT2D eigenvalue weighted by Gasteiger charge is 2.38. The minimum absolute atomic E-state index is 0.141. The van der Waals surface area contributed by atoms with Crippen LogP contribution in [0.2, 0.25) is 0 Å². The number of fused-ring (bicyclic) bond motifs is 3. The third kappa shape index (κ3) is 4.50. The summed E-state index contributed by atoms with van der Waals surface area (Å²) in [5.41, 5.74) is 6.05. The lowest BCUT2D eigenvalue weighted by molar-refractivity contribution is -0.113. The predicted octanol–water partition coefficient (Wildman–Crippen LogP) is 9.79. The van der Waals surface area contributed by atoms with Crippen molar-refractivity contribution < 1.29 is 4.79 Å². The Kier molecular flexibility index (Phi) is 7.16. The van der Waals surface area contributed by atoms with E-state index < -0.39 is 5.91 Å². The van der Waals surface area contributed by atoms with Crippen molar-refractivity contribution in [3.63, 3.8) is 0 Å². The average Bonchev–Trinajstić information content (AvgIpc) is 3.48. The summed E-state index contributed by atoms with van der Waals surface area (Å²) in [6.07, 6.45) is 2.23. The lowest BCUT2D eigenvalue weighted by atomic mass is 9.99. The topological polar surface area (TPSA) is 53.2 Å². The molecule has 1 heterocycles. The van der Waals surface area contributed by atoms with E-state index in [1.165, 1.54) is 16.0 Å². The van der Waals surface area contributed by atoms with Gasteiger partial charge in [-0.2, -0.15) is 5.26 Å². The first kappa shape index (κ1) is 26.6. The van der Waals surface area contributed by atoms with Gasteiger partial charge in [0.15, 0.2) is 0 Å². The Hall–Kier alpha value is -3.59. The molecule has 6 rings (SSSR count). The summed E-state index contributed by atoms with van der Waals surface area (Å²) in [5.74, 6) is 0.630. The highest BCUT2D eigenvalue weighted by atomic mass is 32.2. The molecule has 4 aromatic carbocycles. The Morgan fingerprint density at radius 3 is 1.88 bits per heavy atom. The number of nitriles is 1. The monoisotopic (exact) mass is 558 g/mol. The van der Waals surface area contributed by atoms with Gasteiger partial charge in [0.25, 0.3) is 5.91 Å². The molecule has 0 aromatic heterocycles. The molecule has 0 saturated heterocycles. The SMILES string of the molecule is CCC(C)c1ccc(Sc2ccc3c(Sc4ccc(C(C)CC)cc4)ccc4c3c2C2=NC(=O)C(C#N)=C24)cc1. The average molecular weight is 559 g/mol. The van der Waals surface area contributed by atoms with Crippen molar-refractivity contribution in [2.24, 2.45) is 4.99 Å². The molecule has 0 bridgehead atoms. The van der Waals surface area contributed by atoms with Crippen LogP contribution in [-0.4, -0.2) is 11.6 Å². The smallest absolute Gasteiger partial charge is 0.266 e. The van der Waals surface area contributed by atoms with E-state index in [1.54, 1.807) is 23.5 Å². The van der Waals surface area contributed by atoms with Crippen LogP contribution in [0.5, 0.6) is 0 Å². The Balaban J connectivity index is 1.44. The number of hydrogen-bond donors (Lipinski definition) is 0. The molecule has 1 aliphatic carbocycles. The van der Waals surface area contributed by atoms with Crippen LogP contribution in [0, 0.1) is 11.3 Å². The molecule has 3 nitrogen and oxygen atoms in total. The first-order valence-electron chi connectivity index (χ1n) is 13.9. The van der Waals surface area contributed by atoms with Crippen LogP contribution in [0.15, 0.2) is 103 Å². The van der Waals surface area contributed by atoms with Gasteiger partial charge in [0.05, 0.1) is 5.71 Å². The predicted molar refractivity (Wildman–Crippen MR) is 167 cm³/mol. The van der Waals surface area contributed by atoms with Gasteiger partial charge < -0.3 is 0 Å². The Labute approximate surface area is 244 Å². The second kappa shape index (κ2) is 10.8. The number of aliphatic imine (C=N–C) groups is 1. The summed E-state index contributed by atoms with van der Waals surface area (Å²) in [6, 6.07) is 28.3. The second-order valence-electron chi connectivity index (χ2n) is 10.6. The first-order valence-corrected chi connectivity index (χ1v) is 15.5. The molecule has 1 aliphatic heterocycles. The van der Waals surface area contributed by atoms with Crippen molar-refractivity contribution in [3.8, 4) is 6.07 Å². The lowest BCUT2D eigenvalue weighted by Gasteiger charge is -2.14. The van der Waals surface area contributed by atoms with Crippen molar-refractivity contribution in [1.29, 1.82) is 5.26 Å². The molecule has 0 saturated carbocycles. The summed E-state index contributed by atoms with van der Waals surface area (Å²) in [4.78, 5) is 21.6. The fourth-order valence-electron chi connectivity index (χ4n) is 5.46. The van der Waals surface area contributed by atoms with Crippen molar-refractivity contribution >= 4 is 51.5 Å². The largest absolute Gasteiger partial charge is 0.288 e. The molecule has 4 aromatic rings. The summed E-state index contributed by atoms with van der Waals surface area (Å²) in [6.45, 7) is 8.93. The molecule has 2 atom stereocenters. The minimum atomic E-state index is -0.441. The van der Waals surface area contributed by atoms with Crippen LogP contribution >= 0.6 is 23.5 Å². The van der Waals surface area contributed by atoms with Gasteiger partial charge in [-0.05, 0) is 83.2 Å². The zero-order chi connectivity index (χ0) is 28.0.